The Morgan fingerprint density at radius 2 is 2.09 bits per heavy atom. The van der Waals surface area contributed by atoms with Crippen LogP contribution >= 0.6 is 0 Å². The minimum Gasteiger partial charge on any atom is -0.366 e. The number of rotatable bonds is 3. The summed E-state index contributed by atoms with van der Waals surface area (Å²) in [4.78, 5) is 18.5. The smallest absolute Gasteiger partial charge is 0.254 e. The molecule has 7 heteroatoms. The number of carbonyl (C=O) groups excluding carboxylic acids is 1. The van der Waals surface area contributed by atoms with E-state index in [1.54, 1.807) is 4.90 Å². The van der Waals surface area contributed by atoms with Crippen molar-refractivity contribution >= 4 is 5.91 Å². The number of ether oxygens (including phenoxy) is 1. The lowest BCUT2D eigenvalue weighted by Crippen LogP contribution is -2.42. The van der Waals surface area contributed by atoms with Crippen LogP contribution in [-0.4, -0.2) is 40.6 Å². The van der Waals surface area contributed by atoms with Crippen molar-refractivity contribution in [3.63, 3.8) is 0 Å². The molecule has 0 spiro atoms. The van der Waals surface area contributed by atoms with Gasteiger partial charge < -0.3 is 14.2 Å². The first-order chi connectivity index (χ1) is 11.0. The zero-order valence-corrected chi connectivity index (χ0v) is 13.0. The van der Waals surface area contributed by atoms with Gasteiger partial charge in [0, 0.05) is 18.0 Å². The molecule has 0 N–H and O–H groups in total. The van der Waals surface area contributed by atoms with E-state index in [2.05, 4.69) is 10.1 Å². The summed E-state index contributed by atoms with van der Waals surface area (Å²) in [5, 5.41) is 3.94. The lowest BCUT2D eigenvalue weighted by atomic mass is 10.1. The molecule has 23 heavy (non-hydrogen) atoms. The summed E-state index contributed by atoms with van der Waals surface area (Å²) in [7, 11) is 0. The maximum absolute atomic E-state index is 13.0. The van der Waals surface area contributed by atoms with Gasteiger partial charge in [-0.1, -0.05) is 19.0 Å². The van der Waals surface area contributed by atoms with Crippen molar-refractivity contribution in [1.29, 1.82) is 0 Å². The molecule has 2 aromatic rings. The Labute approximate surface area is 133 Å². The largest absolute Gasteiger partial charge is 0.366 e. The standard InChI is InChI=1S/C16H18FN3O3/c1-10(2)15-18-14(19-23-15)13-9-20(7-8-22-13)16(21)11-3-5-12(17)6-4-11/h3-6,10,13H,7-9H2,1-2H3/t13-/m0/s1. The zero-order valence-electron chi connectivity index (χ0n) is 13.0. The molecule has 1 amide bonds. The van der Waals surface area contributed by atoms with Gasteiger partial charge in [0.25, 0.3) is 5.91 Å². The third-order valence-corrected chi connectivity index (χ3v) is 3.68. The van der Waals surface area contributed by atoms with Crippen LogP contribution in [0.15, 0.2) is 28.8 Å². The van der Waals surface area contributed by atoms with Crippen molar-refractivity contribution in [1.82, 2.24) is 15.0 Å². The third kappa shape index (κ3) is 3.39. The highest BCUT2D eigenvalue weighted by molar-refractivity contribution is 5.94. The Hall–Kier alpha value is -2.28. The van der Waals surface area contributed by atoms with Crippen molar-refractivity contribution in [2.24, 2.45) is 0 Å². The summed E-state index contributed by atoms with van der Waals surface area (Å²) < 4.78 is 23.8. The minimum absolute atomic E-state index is 0.136. The monoisotopic (exact) mass is 319 g/mol. The summed E-state index contributed by atoms with van der Waals surface area (Å²) in [6, 6.07) is 5.51. The normalized spacial score (nSPS) is 18.4. The van der Waals surface area contributed by atoms with Gasteiger partial charge in [0.1, 0.15) is 11.9 Å². The van der Waals surface area contributed by atoms with Crippen LogP contribution in [0, 0.1) is 5.82 Å². The molecule has 6 nitrogen and oxygen atoms in total. The van der Waals surface area contributed by atoms with Gasteiger partial charge in [-0.3, -0.25) is 4.79 Å². The number of aromatic nitrogens is 2. The van der Waals surface area contributed by atoms with E-state index in [1.807, 2.05) is 13.8 Å². The van der Waals surface area contributed by atoms with Crippen LogP contribution in [0.2, 0.25) is 0 Å². The van der Waals surface area contributed by atoms with E-state index < -0.39 is 6.10 Å². The van der Waals surface area contributed by atoms with Crippen LogP contribution in [0.4, 0.5) is 4.39 Å². The first-order valence-electron chi connectivity index (χ1n) is 7.54. The number of hydrogen-bond acceptors (Lipinski definition) is 5. The molecule has 0 aliphatic carbocycles. The summed E-state index contributed by atoms with van der Waals surface area (Å²) in [5.74, 6) is 0.605. The molecule has 1 aromatic heterocycles. The first kappa shape index (κ1) is 15.6. The minimum atomic E-state index is -0.413. The van der Waals surface area contributed by atoms with Crippen molar-refractivity contribution < 1.29 is 18.4 Å². The molecule has 2 heterocycles. The second-order valence-electron chi connectivity index (χ2n) is 5.76. The highest BCUT2D eigenvalue weighted by Gasteiger charge is 2.29. The van der Waals surface area contributed by atoms with Crippen LogP contribution < -0.4 is 0 Å². The number of amides is 1. The number of halogens is 1. The van der Waals surface area contributed by atoms with Crippen LogP contribution in [0.25, 0.3) is 0 Å². The fourth-order valence-electron chi connectivity index (χ4n) is 2.38. The fourth-order valence-corrected chi connectivity index (χ4v) is 2.38. The van der Waals surface area contributed by atoms with E-state index in [0.717, 1.165) is 0 Å². The van der Waals surface area contributed by atoms with Gasteiger partial charge >= 0.3 is 0 Å². The Morgan fingerprint density at radius 1 is 1.35 bits per heavy atom. The lowest BCUT2D eigenvalue weighted by Gasteiger charge is -2.31. The number of carbonyl (C=O) groups is 1. The van der Waals surface area contributed by atoms with E-state index in [9.17, 15) is 9.18 Å². The van der Waals surface area contributed by atoms with E-state index in [1.165, 1.54) is 24.3 Å². The van der Waals surface area contributed by atoms with Crippen LogP contribution in [0.3, 0.4) is 0 Å². The maximum atomic E-state index is 13.0. The number of benzene rings is 1. The van der Waals surface area contributed by atoms with Gasteiger partial charge in [0.05, 0.1) is 13.2 Å². The lowest BCUT2D eigenvalue weighted by molar-refractivity contribution is -0.0276. The van der Waals surface area contributed by atoms with Crippen molar-refractivity contribution in [2.75, 3.05) is 19.7 Å². The Balaban J connectivity index is 1.72. The fraction of sp³-hybridized carbons (Fsp3) is 0.438. The predicted octanol–water partition coefficient (Wildman–Crippen LogP) is 2.55. The number of hydrogen-bond donors (Lipinski definition) is 0. The molecule has 0 saturated carbocycles. The highest BCUT2D eigenvalue weighted by Crippen LogP contribution is 2.23. The Bertz CT molecular complexity index is 684. The molecule has 1 saturated heterocycles. The topological polar surface area (TPSA) is 68.5 Å². The highest BCUT2D eigenvalue weighted by atomic mass is 19.1. The Kier molecular flexibility index (Phi) is 4.38. The summed E-state index contributed by atoms with van der Waals surface area (Å²) in [5.41, 5.74) is 0.447. The van der Waals surface area contributed by atoms with Crippen LogP contribution in [0.1, 0.15) is 47.9 Å². The number of morpholine rings is 1. The summed E-state index contributed by atoms with van der Waals surface area (Å²) in [6.45, 7) is 5.13. The average Bonchev–Trinajstić information content (AvgIpc) is 3.05. The molecule has 3 rings (SSSR count). The third-order valence-electron chi connectivity index (χ3n) is 3.68. The van der Waals surface area contributed by atoms with Gasteiger partial charge in [-0.25, -0.2) is 4.39 Å². The molecule has 1 atom stereocenters. The van der Waals surface area contributed by atoms with Gasteiger partial charge in [0.2, 0.25) is 11.7 Å². The quantitative estimate of drug-likeness (QED) is 0.869. The van der Waals surface area contributed by atoms with Crippen molar-refractivity contribution in [3.8, 4) is 0 Å². The van der Waals surface area contributed by atoms with Crippen molar-refractivity contribution in [2.45, 2.75) is 25.9 Å². The second-order valence-corrected chi connectivity index (χ2v) is 5.76. The van der Waals surface area contributed by atoms with E-state index in [4.69, 9.17) is 9.26 Å². The Morgan fingerprint density at radius 3 is 2.74 bits per heavy atom. The molecule has 1 aliphatic heterocycles. The summed E-state index contributed by atoms with van der Waals surface area (Å²) >= 11 is 0. The SMILES string of the molecule is CC(C)c1nc([C@@H]2CN(C(=O)c3ccc(F)cc3)CCO2)no1. The van der Waals surface area contributed by atoms with Crippen LogP contribution in [0.5, 0.6) is 0 Å². The molecule has 1 aromatic carbocycles. The van der Waals surface area contributed by atoms with E-state index in [0.29, 0.717) is 37.0 Å². The van der Waals surface area contributed by atoms with Crippen LogP contribution in [-0.2, 0) is 4.74 Å². The van der Waals surface area contributed by atoms with E-state index in [-0.39, 0.29) is 17.6 Å². The molecule has 0 unspecified atom stereocenters. The molecule has 0 bridgehead atoms. The second kappa shape index (κ2) is 6.45. The molecule has 1 fully saturated rings. The van der Waals surface area contributed by atoms with Gasteiger partial charge in [-0.15, -0.1) is 0 Å². The van der Waals surface area contributed by atoms with E-state index >= 15 is 0 Å². The first-order valence-corrected chi connectivity index (χ1v) is 7.54. The number of nitrogens with zero attached hydrogens (tertiary/aromatic N) is 3. The average molecular weight is 319 g/mol. The molecular weight excluding hydrogens is 301 g/mol. The maximum Gasteiger partial charge on any atom is 0.254 e. The van der Waals surface area contributed by atoms with Gasteiger partial charge in [-0.2, -0.15) is 4.98 Å². The predicted molar refractivity (Wildman–Crippen MR) is 79.4 cm³/mol. The van der Waals surface area contributed by atoms with Crippen molar-refractivity contribution in [3.05, 3.63) is 47.4 Å². The molecule has 122 valence electrons. The van der Waals surface area contributed by atoms with Gasteiger partial charge in [0.15, 0.2) is 0 Å². The zero-order chi connectivity index (χ0) is 16.4. The van der Waals surface area contributed by atoms with Gasteiger partial charge in [-0.05, 0) is 24.3 Å². The molecule has 0 radical (unpaired) electrons. The molecular formula is C16H18FN3O3. The molecule has 1 aliphatic rings. The summed E-state index contributed by atoms with van der Waals surface area (Å²) in [6.07, 6.45) is -0.413.